The third kappa shape index (κ3) is 2.79. The van der Waals surface area contributed by atoms with Crippen LogP contribution in [0, 0.1) is 17.7 Å². The standard InChI is InChI=1S/C21H19FN4O2/c22-15-6-8-16(9-7-15)26-20(13-4-2-1-3-5-13)23-19(24-26)21(28)25-11-14-10-18(27)17(14)12-25/h1-9,14,17-18,27H,10-12H2. The van der Waals surface area contributed by atoms with Crippen molar-refractivity contribution in [2.24, 2.45) is 11.8 Å². The van der Waals surface area contributed by atoms with Gasteiger partial charge in [-0.1, -0.05) is 30.3 Å². The molecule has 2 heterocycles. The van der Waals surface area contributed by atoms with E-state index in [1.54, 1.807) is 21.7 Å². The summed E-state index contributed by atoms with van der Waals surface area (Å²) in [6.07, 6.45) is 0.439. The summed E-state index contributed by atoms with van der Waals surface area (Å²) in [6.45, 7) is 1.17. The van der Waals surface area contributed by atoms with Crippen LogP contribution in [0.3, 0.4) is 0 Å². The molecular weight excluding hydrogens is 359 g/mol. The predicted molar refractivity (Wildman–Crippen MR) is 100 cm³/mol. The highest BCUT2D eigenvalue weighted by Crippen LogP contribution is 2.41. The van der Waals surface area contributed by atoms with Gasteiger partial charge in [-0.25, -0.2) is 14.1 Å². The number of aliphatic hydroxyl groups excluding tert-OH is 1. The van der Waals surface area contributed by atoms with Crippen molar-refractivity contribution in [2.75, 3.05) is 13.1 Å². The van der Waals surface area contributed by atoms with E-state index >= 15 is 0 Å². The number of rotatable bonds is 3. The van der Waals surface area contributed by atoms with Crippen LogP contribution in [0.25, 0.3) is 17.1 Å². The van der Waals surface area contributed by atoms with Gasteiger partial charge < -0.3 is 10.0 Å². The van der Waals surface area contributed by atoms with E-state index in [2.05, 4.69) is 10.1 Å². The van der Waals surface area contributed by atoms with Crippen molar-refractivity contribution in [3.8, 4) is 17.1 Å². The lowest BCUT2D eigenvalue weighted by molar-refractivity contribution is -0.00427. The van der Waals surface area contributed by atoms with Crippen LogP contribution in [0.1, 0.15) is 17.0 Å². The van der Waals surface area contributed by atoms with Crippen molar-refractivity contribution < 1.29 is 14.3 Å². The molecule has 2 aliphatic rings. The number of aliphatic hydroxyl groups is 1. The Labute approximate surface area is 161 Å². The largest absolute Gasteiger partial charge is 0.393 e. The minimum atomic E-state index is -0.340. The van der Waals surface area contributed by atoms with Crippen molar-refractivity contribution in [3.63, 3.8) is 0 Å². The molecule has 0 radical (unpaired) electrons. The van der Waals surface area contributed by atoms with Crippen molar-refractivity contribution >= 4 is 5.91 Å². The molecule has 1 amide bonds. The summed E-state index contributed by atoms with van der Waals surface area (Å²) in [5.41, 5.74) is 1.44. The SMILES string of the molecule is O=C(c1nc(-c2ccccc2)n(-c2ccc(F)cc2)n1)N1CC2CC(O)C2C1. The number of hydrogen-bond donors (Lipinski definition) is 1. The van der Waals surface area contributed by atoms with Crippen molar-refractivity contribution in [1.29, 1.82) is 0 Å². The van der Waals surface area contributed by atoms with Gasteiger partial charge in [0, 0.05) is 24.6 Å². The van der Waals surface area contributed by atoms with E-state index in [0.717, 1.165) is 12.0 Å². The Balaban J connectivity index is 1.52. The number of hydrogen-bond acceptors (Lipinski definition) is 4. The second kappa shape index (κ2) is 6.53. The molecule has 0 bridgehead atoms. The maximum atomic E-state index is 13.3. The molecule has 1 aliphatic heterocycles. The number of fused-ring (bicyclic) bond motifs is 1. The van der Waals surface area contributed by atoms with Crippen LogP contribution in [0.5, 0.6) is 0 Å². The van der Waals surface area contributed by atoms with Gasteiger partial charge in [0.1, 0.15) is 5.82 Å². The summed E-state index contributed by atoms with van der Waals surface area (Å²) < 4.78 is 14.9. The fraction of sp³-hybridized carbons (Fsp3) is 0.286. The molecule has 1 saturated carbocycles. The highest BCUT2D eigenvalue weighted by atomic mass is 19.1. The van der Waals surface area contributed by atoms with Crippen LogP contribution in [-0.4, -0.2) is 49.9 Å². The Kier molecular flexibility index (Phi) is 3.98. The van der Waals surface area contributed by atoms with Gasteiger partial charge in [0.05, 0.1) is 11.8 Å². The molecule has 142 valence electrons. The molecule has 1 aromatic heterocycles. The number of nitrogens with zero attached hydrogens (tertiary/aromatic N) is 4. The van der Waals surface area contributed by atoms with E-state index in [4.69, 9.17) is 0 Å². The first-order valence-corrected chi connectivity index (χ1v) is 9.36. The molecule has 7 heteroatoms. The predicted octanol–water partition coefficient (Wildman–Crippen LogP) is 2.53. The zero-order valence-electron chi connectivity index (χ0n) is 15.1. The summed E-state index contributed by atoms with van der Waals surface area (Å²) in [6, 6.07) is 15.4. The highest BCUT2D eigenvalue weighted by molar-refractivity contribution is 5.91. The van der Waals surface area contributed by atoms with Gasteiger partial charge in [0.2, 0.25) is 5.82 Å². The number of carbonyl (C=O) groups excluding carboxylic acids is 1. The third-order valence-corrected chi connectivity index (χ3v) is 5.72. The lowest BCUT2D eigenvalue weighted by Gasteiger charge is -2.34. The maximum Gasteiger partial charge on any atom is 0.293 e. The van der Waals surface area contributed by atoms with Crippen molar-refractivity contribution in [1.82, 2.24) is 19.7 Å². The van der Waals surface area contributed by atoms with Crippen molar-refractivity contribution in [2.45, 2.75) is 12.5 Å². The number of carbonyl (C=O) groups is 1. The minimum absolute atomic E-state index is 0.110. The van der Waals surface area contributed by atoms with Crippen LogP contribution in [-0.2, 0) is 0 Å². The molecule has 1 saturated heterocycles. The van der Waals surface area contributed by atoms with E-state index in [0.29, 0.717) is 30.5 Å². The third-order valence-electron chi connectivity index (χ3n) is 5.72. The summed E-state index contributed by atoms with van der Waals surface area (Å²) >= 11 is 0. The second-order valence-corrected chi connectivity index (χ2v) is 7.45. The summed E-state index contributed by atoms with van der Waals surface area (Å²) in [7, 11) is 0. The molecule has 5 rings (SSSR count). The van der Waals surface area contributed by atoms with Gasteiger partial charge in [-0.3, -0.25) is 4.79 Å². The van der Waals surface area contributed by atoms with E-state index in [-0.39, 0.29) is 29.6 Å². The molecule has 3 atom stereocenters. The number of aromatic nitrogens is 3. The normalized spacial score (nSPS) is 23.4. The van der Waals surface area contributed by atoms with Crippen LogP contribution < -0.4 is 0 Å². The van der Waals surface area contributed by atoms with Gasteiger partial charge in [-0.2, -0.15) is 0 Å². The van der Waals surface area contributed by atoms with Crippen LogP contribution in [0.4, 0.5) is 4.39 Å². The average molecular weight is 378 g/mol. The fourth-order valence-electron chi connectivity index (χ4n) is 4.12. The maximum absolute atomic E-state index is 13.3. The Morgan fingerprint density at radius 2 is 1.82 bits per heavy atom. The van der Waals surface area contributed by atoms with Gasteiger partial charge >= 0.3 is 0 Å². The quantitative estimate of drug-likeness (QED) is 0.760. The van der Waals surface area contributed by atoms with Gasteiger partial charge in [0.25, 0.3) is 5.91 Å². The van der Waals surface area contributed by atoms with Crippen molar-refractivity contribution in [3.05, 3.63) is 66.2 Å². The second-order valence-electron chi connectivity index (χ2n) is 7.45. The number of amides is 1. The molecule has 1 N–H and O–H groups in total. The highest BCUT2D eigenvalue weighted by Gasteiger charge is 2.48. The molecule has 28 heavy (non-hydrogen) atoms. The minimum Gasteiger partial charge on any atom is -0.393 e. The van der Waals surface area contributed by atoms with E-state index in [1.165, 1.54) is 12.1 Å². The first kappa shape index (κ1) is 17.1. The van der Waals surface area contributed by atoms with E-state index < -0.39 is 0 Å². The fourth-order valence-corrected chi connectivity index (χ4v) is 4.12. The molecule has 0 spiro atoms. The van der Waals surface area contributed by atoms with Crippen LogP contribution >= 0.6 is 0 Å². The lowest BCUT2D eigenvalue weighted by Crippen LogP contribution is -2.39. The Morgan fingerprint density at radius 3 is 2.50 bits per heavy atom. The topological polar surface area (TPSA) is 71.2 Å². The molecule has 3 aromatic rings. The molecule has 3 unspecified atom stereocenters. The van der Waals surface area contributed by atoms with E-state index in [1.807, 2.05) is 30.3 Å². The smallest absolute Gasteiger partial charge is 0.293 e. The first-order valence-electron chi connectivity index (χ1n) is 9.36. The van der Waals surface area contributed by atoms with Gasteiger partial charge in [0.15, 0.2) is 5.82 Å². The Hall–Kier alpha value is -3.06. The summed E-state index contributed by atoms with van der Waals surface area (Å²) in [5.74, 6) is 0.590. The van der Waals surface area contributed by atoms with Gasteiger partial charge in [-0.15, -0.1) is 5.10 Å². The number of halogens is 1. The molecule has 6 nitrogen and oxygen atoms in total. The lowest BCUT2D eigenvalue weighted by atomic mass is 9.74. The molecular formula is C21H19FN4O2. The van der Waals surface area contributed by atoms with Crippen LogP contribution in [0.2, 0.25) is 0 Å². The summed E-state index contributed by atoms with van der Waals surface area (Å²) in [5, 5.41) is 14.3. The van der Waals surface area contributed by atoms with Gasteiger partial charge in [-0.05, 0) is 36.6 Å². The molecule has 2 aromatic carbocycles. The van der Waals surface area contributed by atoms with Crippen LogP contribution in [0.15, 0.2) is 54.6 Å². The number of benzene rings is 2. The molecule has 1 aliphatic carbocycles. The zero-order valence-corrected chi connectivity index (χ0v) is 15.1. The summed E-state index contributed by atoms with van der Waals surface area (Å²) in [4.78, 5) is 19.2. The molecule has 2 fully saturated rings. The Bertz CT molecular complexity index is 1020. The van der Waals surface area contributed by atoms with E-state index in [9.17, 15) is 14.3 Å². The average Bonchev–Trinajstić information content (AvgIpc) is 3.30. The Morgan fingerprint density at radius 1 is 1.07 bits per heavy atom. The zero-order chi connectivity index (χ0) is 19.3. The number of likely N-dealkylation sites (tertiary alicyclic amines) is 1. The monoisotopic (exact) mass is 378 g/mol. The first-order chi connectivity index (χ1) is 13.6.